The van der Waals surface area contributed by atoms with Crippen LogP contribution in [0.5, 0.6) is 0 Å². The van der Waals surface area contributed by atoms with Crippen LogP contribution in [0.3, 0.4) is 0 Å². The second kappa shape index (κ2) is 8.86. The zero-order valence-corrected chi connectivity index (χ0v) is 18.3. The van der Waals surface area contributed by atoms with E-state index in [0.717, 1.165) is 13.1 Å². The van der Waals surface area contributed by atoms with Gasteiger partial charge >= 0.3 is 0 Å². The van der Waals surface area contributed by atoms with Gasteiger partial charge in [-0.2, -0.15) is 4.31 Å². The summed E-state index contributed by atoms with van der Waals surface area (Å²) in [7, 11) is -3.54. The van der Waals surface area contributed by atoms with Crippen LogP contribution in [0, 0.1) is 10.8 Å². The number of hydrogen-bond donors (Lipinski definition) is 0. The lowest BCUT2D eigenvalue weighted by Crippen LogP contribution is -2.36. The molecule has 2 aromatic rings. The van der Waals surface area contributed by atoms with Gasteiger partial charge in [-0.05, 0) is 55.7 Å². The fourth-order valence-corrected chi connectivity index (χ4v) is 5.30. The normalized spacial score (nSPS) is 18.6. The zero-order valence-electron chi connectivity index (χ0n) is 16.7. The number of hydrogen-bond acceptors (Lipinski definition) is 6. The van der Waals surface area contributed by atoms with Gasteiger partial charge in [0, 0.05) is 25.2 Å². The molecule has 2 heterocycles. The van der Waals surface area contributed by atoms with Crippen LogP contribution >= 0.6 is 12.2 Å². The van der Waals surface area contributed by atoms with Crippen LogP contribution in [-0.2, 0) is 16.7 Å². The lowest BCUT2D eigenvalue weighted by atomic mass is 10.0. The standard InChI is InChI=1S/C19H28N4O3S2/c1-4-22(5-2)28(24,25)17-10-6-9-16(12-17)18-20-23(19(27)26-18)14-21-11-7-8-15(3)13-21/h6,9-10,12,15H,4-5,7-8,11,13-14H2,1-3H3/t15-/m1/s1. The predicted octanol–water partition coefficient (Wildman–Crippen LogP) is 3.59. The molecule has 0 spiro atoms. The molecular weight excluding hydrogens is 396 g/mol. The number of benzene rings is 1. The molecule has 0 amide bonds. The van der Waals surface area contributed by atoms with E-state index in [1.165, 1.54) is 17.1 Å². The molecule has 1 fully saturated rings. The van der Waals surface area contributed by atoms with E-state index in [1.807, 2.05) is 13.8 Å². The monoisotopic (exact) mass is 424 g/mol. The lowest BCUT2D eigenvalue weighted by Gasteiger charge is -2.30. The highest BCUT2D eigenvalue weighted by atomic mass is 32.2. The molecular formula is C19H28N4O3S2. The van der Waals surface area contributed by atoms with Crippen LogP contribution in [0.4, 0.5) is 0 Å². The van der Waals surface area contributed by atoms with E-state index in [1.54, 1.807) is 28.9 Å². The Morgan fingerprint density at radius 3 is 2.75 bits per heavy atom. The summed E-state index contributed by atoms with van der Waals surface area (Å²) in [6, 6.07) is 6.68. The number of sulfonamides is 1. The molecule has 0 unspecified atom stereocenters. The predicted molar refractivity (Wildman–Crippen MR) is 111 cm³/mol. The number of likely N-dealkylation sites (tertiary alicyclic amines) is 1. The molecule has 1 saturated heterocycles. The van der Waals surface area contributed by atoms with Crippen LogP contribution < -0.4 is 0 Å². The Kier molecular flexibility index (Phi) is 6.69. The van der Waals surface area contributed by atoms with Crippen LogP contribution in [-0.4, -0.2) is 53.6 Å². The Morgan fingerprint density at radius 2 is 2.07 bits per heavy atom. The molecule has 0 radical (unpaired) electrons. The highest BCUT2D eigenvalue weighted by molar-refractivity contribution is 7.89. The van der Waals surface area contributed by atoms with Gasteiger partial charge in [-0.1, -0.05) is 26.8 Å². The minimum Gasteiger partial charge on any atom is -0.409 e. The summed E-state index contributed by atoms with van der Waals surface area (Å²) in [5.41, 5.74) is 0.602. The molecule has 3 rings (SSSR count). The lowest BCUT2D eigenvalue weighted by molar-refractivity contribution is 0.136. The van der Waals surface area contributed by atoms with Crippen molar-refractivity contribution in [1.29, 1.82) is 0 Å². The fraction of sp³-hybridized carbons (Fsp3) is 0.579. The van der Waals surface area contributed by atoms with Gasteiger partial charge in [0.1, 0.15) is 0 Å². The number of piperidine rings is 1. The Hall–Kier alpha value is -1.55. The van der Waals surface area contributed by atoms with E-state index in [-0.39, 0.29) is 4.90 Å². The smallest absolute Gasteiger partial charge is 0.288 e. The van der Waals surface area contributed by atoms with Crippen molar-refractivity contribution in [3.63, 3.8) is 0 Å². The van der Waals surface area contributed by atoms with E-state index >= 15 is 0 Å². The van der Waals surface area contributed by atoms with Gasteiger partial charge in [0.15, 0.2) is 0 Å². The van der Waals surface area contributed by atoms with Gasteiger partial charge in [0.25, 0.3) is 4.84 Å². The average Bonchev–Trinajstić information content (AvgIpc) is 3.03. The van der Waals surface area contributed by atoms with Crippen molar-refractivity contribution in [2.24, 2.45) is 5.92 Å². The summed E-state index contributed by atoms with van der Waals surface area (Å²) >= 11 is 5.34. The Balaban J connectivity index is 1.86. The molecule has 154 valence electrons. The summed E-state index contributed by atoms with van der Waals surface area (Å²) in [6.07, 6.45) is 2.42. The molecule has 0 aliphatic carbocycles. The van der Waals surface area contributed by atoms with Crippen LogP contribution in [0.25, 0.3) is 11.5 Å². The first-order valence-electron chi connectivity index (χ1n) is 9.76. The van der Waals surface area contributed by atoms with Crippen LogP contribution in [0.1, 0.15) is 33.6 Å². The van der Waals surface area contributed by atoms with E-state index < -0.39 is 10.0 Å². The average molecular weight is 425 g/mol. The summed E-state index contributed by atoms with van der Waals surface area (Å²) in [5.74, 6) is 1.00. The maximum Gasteiger partial charge on any atom is 0.288 e. The Bertz CT molecular complexity index is 964. The largest absolute Gasteiger partial charge is 0.409 e. The maximum absolute atomic E-state index is 12.8. The quantitative estimate of drug-likeness (QED) is 0.633. The number of nitrogens with zero attached hydrogens (tertiary/aromatic N) is 4. The van der Waals surface area contributed by atoms with Gasteiger partial charge in [0.05, 0.1) is 11.6 Å². The van der Waals surface area contributed by atoms with Crippen molar-refractivity contribution in [3.8, 4) is 11.5 Å². The maximum atomic E-state index is 12.8. The van der Waals surface area contributed by atoms with Crippen molar-refractivity contribution in [3.05, 3.63) is 29.1 Å². The summed E-state index contributed by atoms with van der Waals surface area (Å²) < 4.78 is 34.4. The molecule has 0 N–H and O–H groups in total. The first kappa shape index (κ1) is 21.2. The summed E-state index contributed by atoms with van der Waals surface area (Å²) in [4.78, 5) is 2.84. The molecule has 7 nitrogen and oxygen atoms in total. The third kappa shape index (κ3) is 4.53. The highest BCUT2D eigenvalue weighted by Crippen LogP contribution is 2.24. The molecule has 1 atom stereocenters. The van der Waals surface area contributed by atoms with E-state index in [2.05, 4.69) is 16.9 Å². The Morgan fingerprint density at radius 1 is 1.32 bits per heavy atom. The molecule has 1 aromatic carbocycles. The van der Waals surface area contributed by atoms with Gasteiger partial charge in [0.2, 0.25) is 15.9 Å². The van der Waals surface area contributed by atoms with E-state index in [0.29, 0.717) is 42.0 Å². The third-order valence-corrected chi connectivity index (χ3v) is 7.45. The van der Waals surface area contributed by atoms with Crippen molar-refractivity contribution < 1.29 is 12.8 Å². The van der Waals surface area contributed by atoms with Crippen molar-refractivity contribution in [2.75, 3.05) is 26.2 Å². The minimum atomic E-state index is -3.54. The number of aromatic nitrogens is 2. The van der Waals surface area contributed by atoms with Gasteiger partial charge in [-0.3, -0.25) is 4.90 Å². The highest BCUT2D eigenvalue weighted by Gasteiger charge is 2.23. The van der Waals surface area contributed by atoms with Crippen LogP contribution in [0.15, 0.2) is 33.6 Å². The van der Waals surface area contributed by atoms with E-state index in [4.69, 9.17) is 16.6 Å². The molecule has 1 aliphatic rings. The fourth-order valence-electron chi connectivity index (χ4n) is 3.62. The summed E-state index contributed by atoms with van der Waals surface area (Å²) in [6.45, 7) is 9.37. The van der Waals surface area contributed by atoms with E-state index in [9.17, 15) is 8.42 Å². The van der Waals surface area contributed by atoms with Gasteiger partial charge in [-0.25, -0.2) is 13.1 Å². The van der Waals surface area contributed by atoms with Crippen molar-refractivity contribution in [2.45, 2.75) is 45.2 Å². The molecule has 1 aliphatic heterocycles. The SMILES string of the molecule is CCN(CC)S(=O)(=O)c1cccc(-c2nn(CN3CCC[C@@H](C)C3)c(=S)o2)c1. The first-order valence-corrected chi connectivity index (χ1v) is 11.6. The van der Waals surface area contributed by atoms with Crippen molar-refractivity contribution >= 4 is 22.2 Å². The molecule has 28 heavy (non-hydrogen) atoms. The second-order valence-corrected chi connectivity index (χ2v) is 9.54. The van der Waals surface area contributed by atoms with Crippen LogP contribution in [0.2, 0.25) is 0 Å². The summed E-state index contributed by atoms with van der Waals surface area (Å²) in [5, 5.41) is 4.50. The third-order valence-electron chi connectivity index (χ3n) is 5.11. The molecule has 1 aromatic heterocycles. The van der Waals surface area contributed by atoms with Gasteiger partial charge < -0.3 is 4.42 Å². The Labute approximate surface area is 172 Å². The topological polar surface area (TPSA) is 71.6 Å². The first-order chi connectivity index (χ1) is 13.3. The minimum absolute atomic E-state index is 0.231. The second-order valence-electron chi connectivity index (χ2n) is 7.26. The molecule has 0 bridgehead atoms. The molecule has 9 heteroatoms. The zero-order chi connectivity index (χ0) is 20.3. The molecule has 0 saturated carbocycles. The van der Waals surface area contributed by atoms with Crippen molar-refractivity contribution in [1.82, 2.24) is 19.0 Å². The number of rotatable bonds is 7. The van der Waals surface area contributed by atoms with Gasteiger partial charge in [-0.15, -0.1) is 5.10 Å².